The SMILES string of the molecule is CCc1ccccc1NC(=O)CN1C(=O)N/C(=C/c2cc(Cl)c(OCc3cccc([N+](=O)[O-])c3)c(Cl)c2)C1=O. The molecular formula is C27H22Cl2N4O6. The van der Waals surface area contributed by atoms with Crippen LogP contribution in [0.4, 0.5) is 16.2 Å². The number of carbonyl (C=O) groups excluding carboxylic acids is 3. The van der Waals surface area contributed by atoms with E-state index in [1.54, 1.807) is 24.3 Å². The number of hydrogen-bond acceptors (Lipinski definition) is 6. The Morgan fingerprint density at radius 3 is 2.51 bits per heavy atom. The van der Waals surface area contributed by atoms with E-state index in [1.165, 1.54) is 30.3 Å². The van der Waals surface area contributed by atoms with Gasteiger partial charge in [0, 0.05) is 17.8 Å². The van der Waals surface area contributed by atoms with Gasteiger partial charge in [0.1, 0.15) is 18.8 Å². The van der Waals surface area contributed by atoms with Crippen molar-refractivity contribution >= 4 is 58.5 Å². The van der Waals surface area contributed by atoms with Crippen molar-refractivity contribution < 1.29 is 24.0 Å². The number of halogens is 2. The van der Waals surface area contributed by atoms with Gasteiger partial charge in [-0.2, -0.15) is 0 Å². The maximum atomic E-state index is 12.9. The highest BCUT2D eigenvalue weighted by Gasteiger charge is 2.35. The van der Waals surface area contributed by atoms with Crippen molar-refractivity contribution in [3.05, 3.63) is 103 Å². The number of hydrogen-bond donors (Lipinski definition) is 2. The zero-order valence-corrected chi connectivity index (χ0v) is 22.1. The lowest BCUT2D eigenvalue weighted by atomic mass is 10.1. The molecule has 0 unspecified atom stereocenters. The summed E-state index contributed by atoms with van der Waals surface area (Å²) < 4.78 is 5.68. The fourth-order valence-corrected chi connectivity index (χ4v) is 4.49. The number of benzene rings is 3. The van der Waals surface area contributed by atoms with E-state index in [0.717, 1.165) is 10.5 Å². The van der Waals surface area contributed by atoms with Crippen molar-refractivity contribution in [3.63, 3.8) is 0 Å². The number of urea groups is 1. The van der Waals surface area contributed by atoms with E-state index >= 15 is 0 Å². The monoisotopic (exact) mass is 568 g/mol. The Kier molecular flexibility index (Phi) is 8.48. The molecule has 12 heteroatoms. The van der Waals surface area contributed by atoms with Gasteiger partial charge in [0.05, 0.1) is 15.0 Å². The van der Waals surface area contributed by atoms with Gasteiger partial charge in [-0.3, -0.25) is 19.7 Å². The molecule has 0 aliphatic carbocycles. The first-order valence-corrected chi connectivity index (χ1v) is 12.5. The average Bonchev–Trinajstić information content (AvgIpc) is 3.15. The van der Waals surface area contributed by atoms with Crippen LogP contribution in [0.3, 0.4) is 0 Å². The number of para-hydroxylation sites is 1. The van der Waals surface area contributed by atoms with Gasteiger partial charge in [-0.1, -0.05) is 60.5 Å². The molecule has 39 heavy (non-hydrogen) atoms. The quantitative estimate of drug-likeness (QED) is 0.150. The maximum absolute atomic E-state index is 12.9. The summed E-state index contributed by atoms with van der Waals surface area (Å²) in [6, 6.07) is 15.5. The highest BCUT2D eigenvalue weighted by atomic mass is 35.5. The molecule has 4 rings (SSSR count). The van der Waals surface area contributed by atoms with Gasteiger partial charge < -0.3 is 15.4 Å². The predicted molar refractivity (Wildman–Crippen MR) is 147 cm³/mol. The van der Waals surface area contributed by atoms with Gasteiger partial charge in [-0.05, 0) is 47.4 Å². The second-order valence-corrected chi connectivity index (χ2v) is 9.28. The molecule has 0 saturated carbocycles. The number of carbonyl (C=O) groups is 3. The van der Waals surface area contributed by atoms with Gasteiger partial charge in [0.25, 0.3) is 11.6 Å². The molecule has 0 bridgehead atoms. The van der Waals surface area contributed by atoms with Crippen LogP contribution < -0.4 is 15.4 Å². The Hall–Kier alpha value is -4.41. The number of nitrogens with zero attached hydrogens (tertiary/aromatic N) is 2. The lowest BCUT2D eigenvalue weighted by Crippen LogP contribution is -2.38. The van der Waals surface area contributed by atoms with Crippen LogP contribution in [-0.4, -0.2) is 34.2 Å². The Morgan fingerprint density at radius 1 is 1.10 bits per heavy atom. The molecule has 2 N–H and O–H groups in total. The normalized spacial score (nSPS) is 13.9. The summed E-state index contributed by atoms with van der Waals surface area (Å²) in [4.78, 5) is 49.1. The Balaban J connectivity index is 1.44. The number of ether oxygens (including phenoxy) is 1. The van der Waals surface area contributed by atoms with Crippen LogP contribution in [-0.2, 0) is 22.6 Å². The number of nitrogens with one attached hydrogen (secondary N) is 2. The van der Waals surface area contributed by atoms with E-state index < -0.39 is 29.3 Å². The Bertz CT molecular complexity index is 1480. The minimum Gasteiger partial charge on any atom is -0.486 e. The third-order valence-electron chi connectivity index (χ3n) is 5.77. The molecule has 4 amide bonds. The van der Waals surface area contributed by atoms with E-state index in [9.17, 15) is 24.5 Å². The summed E-state index contributed by atoms with van der Waals surface area (Å²) in [6.45, 7) is 1.47. The van der Waals surface area contributed by atoms with E-state index in [0.29, 0.717) is 23.2 Å². The first-order chi connectivity index (χ1) is 18.7. The lowest BCUT2D eigenvalue weighted by molar-refractivity contribution is -0.384. The van der Waals surface area contributed by atoms with Crippen molar-refractivity contribution in [3.8, 4) is 5.75 Å². The highest BCUT2D eigenvalue weighted by molar-refractivity contribution is 6.37. The number of amides is 4. The van der Waals surface area contributed by atoms with Crippen molar-refractivity contribution in [2.24, 2.45) is 0 Å². The summed E-state index contributed by atoms with van der Waals surface area (Å²) in [7, 11) is 0. The van der Waals surface area contributed by atoms with Gasteiger partial charge in [0.2, 0.25) is 5.91 Å². The number of imide groups is 1. The number of nitro benzene ring substituents is 1. The van der Waals surface area contributed by atoms with Gasteiger partial charge in [0.15, 0.2) is 5.75 Å². The molecule has 1 aliphatic heterocycles. The van der Waals surface area contributed by atoms with Crippen LogP contribution in [0.15, 0.2) is 66.4 Å². The topological polar surface area (TPSA) is 131 Å². The molecule has 1 aliphatic rings. The third-order valence-corrected chi connectivity index (χ3v) is 6.33. The molecule has 10 nitrogen and oxygen atoms in total. The number of nitro groups is 1. The fourth-order valence-electron chi connectivity index (χ4n) is 3.88. The maximum Gasteiger partial charge on any atom is 0.329 e. The van der Waals surface area contributed by atoms with E-state index in [4.69, 9.17) is 27.9 Å². The highest BCUT2D eigenvalue weighted by Crippen LogP contribution is 2.35. The largest absolute Gasteiger partial charge is 0.486 e. The first-order valence-electron chi connectivity index (χ1n) is 11.7. The molecule has 0 spiro atoms. The molecule has 0 atom stereocenters. The molecule has 200 valence electrons. The molecule has 3 aromatic carbocycles. The van der Waals surface area contributed by atoms with Gasteiger partial charge in [-0.25, -0.2) is 9.69 Å². The van der Waals surface area contributed by atoms with Crippen molar-refractivity contribution in [1.29, 1.82) is 0 Å². The van der Waals surface area contributed by atoms with E-state index in [2.05, 4.69) is 10.6 Å². The van der Waals surface area contributed by atoms with Crippen LogP contribution in [0.1, 0.15) is 23.6 Å². The minimum atomic E-state index is -0.737. The van der Waals surface area contributed by atoms with Crippen LogP contribution in [0.2, 0.25) is 10.0 Å². The predicted octanol–water partition coefficient (Wildman–Crippen LogP) is 5.57. The summed E-state index contributed by atoms with van der Waals surface area (Å²) in [5.74, 6) is -1.05. The summed E-state index contributed by atoms with van der Waals surface area (Å²) in [5, 5.41) is 16.4. The van der Waals surface area contributed by atoms with Crippen molar-refractivity contribution in [2.45, 2.75) is 20.0 Å². The van der Waals surface area contributed by atoms with Crippen molar-refractivity contribution in [1.82, 2.24) is 10.2 Å². The fraction of sp³-hybridized carbons (Fsp3) is 0.148. The third kappa shape index (κ3) is 6.54. The summed E-state index contributed by atoms with van der Waals surface area (Å²) >= 11 is 12.7. The van der Waals surface area contributed by atoms with E-state index in [1.807, 2.05) is 19.1 Å². The standard InChI is InChI=1S/C27H22Cl2N4O6/c1-2-18-7-3-4-9-22(18)30-24(34)14-32-26(35)23(31-27(32)36)13-17-11-20(28)25(21(29)12-17)39-15-16-6-5-8-19(10-16)33(37)38/h3-13H,2,14-15H2,1H3,(H,30,34)(H,31,36)/b23-13+. The van der Waals surface area contributed by atoms with Crippen LogP contribution >= 0.6 is 23.2 Å². The second kappa shape index (κ2) is 12.0. The number of aryl methyl sites for hydroxylation is 1. The number of rotatable bonds is 9. The van der Waals surface area contributed by atoms with Crippen molar-refractivity contribution in [2.75, 3.05) is 11.9 Å². The Morgan fingerprint density at radius 2 is 1.82 bits per heavy atom. The molecule has 0 radical (unpaired) electrons. The smallest absolute Gasteiger partial charge is 0.329 e. The minimum absolute atomic E-state index is 0.0180. The van der Waals surface area contributed by atoms with Gasteiger partial charge in [-0.15, -0.1) is 0 Å². The summed E-state index contributed by atoms with van der Waals surface area (Å²) in [6.07, 6.45) is 2.09. The number of anilines is 1. The van der Waals surface area contributed by atoms with Crippen LogP contribution in [0, 0.1) is 10.1 Å². The zero-order chi connectivity index (χ0) is 28.1. The Labute approximate surface area is 233 Å². The molecule has 1 saturated heterocycles. The lowest BCUT2D eigenvalue weighted by Gasteiger charge is -2.13. The molecule has 1 fully saturated rings. The average molecular weight is 569 g/mol. The number of non-ortho nitro benzene ring substituents is 1. The van der Waals surface area contributed by atoms with Gasteiger partial charge >= 0.3 is 6.03 Å². The molecule has 3 aromatic rings. The van der Waals surface area contributed by atoms with Crippen LogP contribution in [0.25, 0.3) is 6.08 Å². The second-order valence-electron chi connectivity index (χ2n) is 8.47. The first kappa shape index (κ1) is 27.6. The van der Waals surface area contributed by atoms with Crippen LogP contribution in [0.5, 0.6) is 5.75 Å². The van der Waals surface area contributed by atoms with E-state index in [-0.39, 0.29) is 33.8 Å². The summed E-state index contributed by atoms with van der Waals surface area (Å²) in [5.41, 5.74) is 2.36. The molecule has 1 heterocycles. The molecule has 0 aromatic heterocycles. The molecular weight excluding hydrogens is 547 g/mol. The zero-order valence-electron chi connectivity index (χ0n) is 20.6.